The fraction of sp³-hybridized carbons (Fsp3) is 0.750. The van der Waals surface area contributed by atoms with E-state index in [9.17, 15) is 14.7 Å². The summed E-state index contributed by atoms with van der Waals surface area (Å²) >= 11 is 0. The summed E-state index contributed by atoms with van der Waals surface area (Å²) in [5.41, 5.74) is 0. The van der Waals surface area contributed by atoms with Crippen molar-refractivity contribution in [2.24, 2.45) is 0 Å². The molecular weight excluding hydrogens is 849 g/mol. The Bertz CT molecular complexity index is 1270. The molecule has 1 N–H and O–H groups in total. The van der Waals surface area contributed by atoms with Gasteiger partial charge in [0.2, 0.25) is 0 Å². The van der Waals surface area contributed by atoms with E-state index in [0.29, 0.717) is 12.8 Å². The van der Waals surface area contributed by atoms with E-state index in [0.717, 1.165) is 70.6 Å². The number of allylic oxidation sites excluding steroid dienone is 14. The predicted octanol–water partition coefficient (Wildman–Crippen LogP) is 20.1. The maximum atomic E-state index is 12.3. The van der Waals surface area contributed by atoms with Gasteiger partial charge in [-0.2, -0.15) is 0 Å². The Labute approximate surface area is 428 Å². The molecule has 0 aliphatic rings. The van der Waals surface area contributed by atoms with E-state index in [-0.39, 0.29) is 31.6 Å². The molecule has 0 radical (unpaired) electrons. The van der Waals surface area contributed by atoms with Crippen molar-refractivity contribution < 1.29 is 24.2 Å². The summed E-state index contributed by atoms with van der Waals surface area (Å²) < 4.78 is 10.7. The molecule has 0 aromatic carbocycles. The average molecular weight is 962 g/mol. The van der Waals surface area contributed by atoms with Gasteiger partial charge in [-0.15, -0.1) is 0 Å². The summed E-state index contributed by atoms with van der Waals surface area (Å²) in [4.78, 5) is 24.5. The van der Waals surface area contributed by atoms with Crippen LogP contribution in [0.1, 0.15) is 290 Å². The average Bonchev–Trinajstić information content (AvgIpc) is 3.35. The molecule has 0 rings (SSSR count). The molecule has 0 aliphatic heterocycles. The van der Waals surface area contributed by atoms with Gasteiger partial charge in [0.1, 0.15) is 6.61 Å². The fourth-order valence-corrected chi connectivity index (χ4v) is 8.55. The first kappa shape index (κ1) is 66.1. The quantitative estimate of drug-likeness (QED) is 0.0374. The van der Waals surface area contributed by atoms with Gasteiger partial charge in [0, 0.05) is 12.8 Å². The molecule has 0 bridgehead atoms. The van der Waals surface area contributed by atoms with E-state index in [1.807, 2.05) is 0 Å². The molecule has 0 aliphatic carbocycles. The zero-order valence-electron chi connectivity index (χ0n) is 45.6. The Kier molecular flexibility index (Phi) is 56.9. The van der Waals surface area contributed by atoms with Crippen molar-refractivity contribution in [2.75, 3.05) is 13.2 Å². The van der Waals surface area contributed by atoms with Crippen LogP contribution >= 0.6 is 0 Å². The largest absolute Gasteiger partial charge is 0.462 e. The molecule has 0 fully saturated rings. The van der Waals surface area contributed by atoms with Crippen LogP contribution in [0.25, 0.3) is 0 Å². The molecule has 69 heavy (non-hydrogen) atoms. The number of hydrogen-bond donors (Lipinski definition) is 1. The highest BCUT2D eigenvalue weighted by Crippen LogP contribution is 2.17. The number of unbranched alkanes of at least 4 members (excludes halogenated alkanes) is 32. The van der Waals surface area contributed by atoms with Crippen LogP contribution < -0.4 is 0 Å². The number of esters is 2. The lowest BCUT2D eigenvalue weighted by Crippen LogP contribution is -2.28. The van der Waals surface area contributed by atoms with Crippen LogP contribution in [0.3, 0.4) is 0 Å². The maximum absolute atomic E-state index is 12.3. The van der Waals surface area contributed by atoms with Gasteiger partial charge in [0.15, 0.2) is 6.10 Å². The molecule has 0 aromatic heterocycles. The van der Waals surface area contributed by atoms with Crippen LogP contribution in [-0.2, 0) is 19.1 Å². The Morgan fingerprint density at radius 1 is 0.348 bits per heavy atom. The minimum Gasteiger partial charge on any atom is -0.462 e. The van der Waals surface area contributed by atoms with Crippen molar-refractivity contribution in [3.05, 3.63) is 85.1 Å². The van der Waals surface area contributed by atoms with Crippen LogP contribution in [0.5, 0.6) is 0 Å². The minimum absolute atomic E-state index is 0.0907. The molecule has 0 spiro atoms. The van der Waals surface area contributed by atoms with Crippen LogP contribution in [0.15, 0.2) is 85.1 Å². The molecule has 5 heteroatoms. The molecule has 0 saturated carbocycles. The Morgan fingerprint density at radius 2 is 0.623 bits per heavy atom. The molecule has 5 nitrogen and oxygen atoms in total. The molecule has 0 amide bonds. The molecule has 1 unspecified atom stereocenters. The van der Waals surface area contributed by atoms with E-state index >= 15 is 0 Å². The van der Waals surface area contributed by atoms with Crippen molar-refractivity contribution in [1.29, 1.82) is 0 Å². The van der Waals surface area contributed by atoms with Gasteiger partial charge >= 0.3 is 11.9 Å². The summed E-state index contributed by atoms with van der Waals surface area (Å²) in [6.07, 6.45) is 83.0. The lowest BCUT2D eigenvalue weighted by Gasteiger charge is -2.15. The summed E-state index contributed by atoms with van der Waals surface area (Å²) in [5.74, 6) is -0.654. The van der Waals surface area contributed by atoms with E-state index in [2.05, 4.69) is 98.9 Å². The van der Waals surface area contributed by atoms with Crippen LogP contribution in [-0.4, -0.2) is 36.4 Å². The van der Waals surface area contributed by atoms with Gasteiger partial charge < -0.3 is 14.6 Å². The standard InChI is InChI=1S/C64H112O5/c1-3-5-7-9-11-13-15-17-19-21-23-25-27-28-29-30-31-32-33-34-35-37-38-40-42-44-46-48-50-52-54-56-58-63(66)68-61-62(60-65)69-64(67)59-57-55-53-51-49-47-45-43-41-39-36-26-24-22-20-18-16-14-12-10-8-6-4-2/h6,8,12,14,18,20,24,26,39,41,45,47,51,53,62,65H,3-5,7,9-11,13,15-17,19,21-23,25,27-38,40,42-44,46,48-50,52,54-61H2,1-2H3/b8-6-,14-12-,20-18-,26-24-,41-39-,47-45-,53-51-. The first-order chi connectivity index (χ1) is 34.1. The maximum Gasteiger partial charge on any atom is 0.306 e. The first-order valence-electron chi connectivity index (χ1n) is 29.6. The van der Waals surface area contributed by atoms with Crippen LogP contribution in [0, 0.1) is 0 Å². The third-order valence-electron chi connectivity index (χ3n) is 13.0. The predicted molar refractivity (Wildman–Crippen MR) is 302 cm³/mol. The highest BCUT2D eigenvalue weighted by atomic mass is 16.6. The third-order valence-corrected chi connectivity index (χ3v) is 13.0. The second kappa shape index (κ2) is 59.4. The number of ether oxygens (including phenoxy) is 2. The lowest BCUT2D eigenvalue weighted by molar-refractivity contribution is -0.161. The number of carbonyl (C=O) groups is 2. The highest BCUT2D eigenvalue weighted by Gasteiger charge is 2.16. The van der Waals surface area contributed by atoms with Crippen molar-refractivity contribution in [3.63, 3.8) is 0 Å². The Morgan fingerprint density at radius 3 is 0.928 bits per heavy atom. The Balaban J connectivity index is 3.51. The van der Waals surface area contributed by atoms with Gasteiger partial charge in [-0.25, -0.2) is 0 Å². The number of aliphatic hydroxyl groups excluding tert-OH is 1. The number of aliphatic hydroxyl groups is 1. The van der Waals surface area contributed by atoms with Crippen molar-refractivity contribution >= 4 is 11.9 Å². The lowest BCUT2D eigenvalue weighted by atomic mass is 10.0. The second-order valence-corrected chi connectivity index (χ2v) is 19.7. The molecule has 0 aromatic rings. The van der Waals surface area contributed by atoms with E-state index in [4.69, 9.17) is 9.47 Å². The Hall–Kier alpha value is -2.92. The van der Waals surface area contributed by atoms with Gasteiger partial charge in [0.05, 0.1) is 6.61 Å². The van der Waals surface area contributed by atoms with Crippen molar-refractivity contribution in [2.45, 2.75) is 296 Å². The normalized spacial score (nSPS) is 12.8. The molecule has 1 atom stereocenters. The topological polar surface area (TPSA) is 72.8 Å². The first-order valence-corrected chi connectivity index (χ1v) is 29.6. The zero-order valence-corrected chi connectivity index (χ0v) is 45.6. The summed E-state index contributed by atoms with van der Waals surface area (Å²) in [6.45, 7) is 4.01. The molecule has 398 valence electrons. The number of hydrogen-bond acceptors (Lipinski definition) is 5. The number of rotatable bonds is 54. The summed E-state index contributed by atoms with van der Waals surface area (Å²) in [6, 6.07) is 0. The number of carbonyl (C=O) groups excluding carboxylic acids is 2. The molecular formula is C64H112O5. The zero-order chi connectivity index (χ0) is 49.9. The molecule has 0 heterocycles. The van der Waals surface area contributed by atoms with E-state index in [1.165, 1.54) is 186 Å². The van der Waals surface area contributed by atoms with E-state index in [1.54, 1.807) is 0 Å². The van der Waals surface area contributed by atoms with Gasteiger partial charge in [-0.05, 0) is 64.2 Å². The monoisotopic (exact) mass is 961 g/mol. The smallest absolute Gasteiger partial charge is 0.306 e. The summed E-state index contributed by atoms with van der Waals surface area (Å²) in [7, 11) is 0. The van der Waals surface area contributed by atoms with Gasteiger partial charge in [-0.3, -0.25) is 9.59 Å². The van der Waals surface area contributed by atoms with Crippen LogP contribution in [0.2, 0.25) is 0 Å². The van der Waals surface area contributed by atoms with Gasteiger partial charge in [0.25, 0.3) is 0 Å². The SMILES string of the molecule is CC/C=C\C/C=C\C/C=C\C/C=C\C/C=C\C/C=C\C/C=C\CCCC(=O)OC(CO)COC(=O)CCCCCCCCCCCCCCCCCCCCCCCCCCCCCCCCCC. The van der Waals surface area contributed by atoms with Gasteiger partial charge in [-0.1, -0.05) is 298 Å². The van der Waals surface area contributed by atoms with E-state index < -0.39 is 6.10 Å². The van der Waals surface area contributed by atoms with Crippen LogP contribution in [0.4, 0.5) is 0 Å². The highest BCUT2D eigenvalue weighted by molar-refractivity contribution is 5.70. The molecule has 0 saturated heterocycles. The van der Waals surface area contributed by atoms with Crippen molar-refractivity contribution in [3.8, 4) is 0 Å². The minimum atomic E-state index is -0.807. The third kappa shape index (κ3) is 57.5. The second-order valence-electron chi connectivity index (χ2n) is 19.7. The fourth-order valence-electron chi connectivity index (χ4n) is 8.55. The summed E-state index contributed by atoms with van der Waals surface area (Å²) in [5, 5.41) is 9.64. The van der Waals surface area contributed by atoms with Crippen molar-refractivity contribution in [1.82, 2.24) is 0 Å².